The molecule has 1 saturated heterocycles. The van der Waals surface area contributed by atoms with Crippen molar-refractivity contribution in [2.45, 2.75) is 32.1 Å². The Balaban J connectivity index is 1.49. The summed E-state index contributed by atoms with van der Waals surface area (Å²) < 4.78 is 0. The van der Waals surface area contributed by atoms with Crippen LogP contribution in [0.4, 0.5) is 5.69 Å². The second-order valence-corrected chi connectivity index (χ2v) is 7.22. The summed E-state index contributed by atoms with van der Waals surface area (Å²) in [5.41, 5.74) is 3.70. The monoisotopic (exact) mass is 376 g/mol. The first kappa shape index (κ1) is 18.2. The minimum atomic E-state index is -0.313. The van der Waals surface area contributed by atoms with Gasteiger partial charge in [0.25, 0.3) is 11.5 Å². The summed E-state index contributed by atoms with van der Waals surface area (Å²) >= 11 is 0. The van der Waals surface area contributed by atoms with E-state index < -0.39 is 0 Å². The van der Waals surface area contributed by atoms with Crippen LogP contribution in [-0.4, -0.2) is 33.9 Å². The number of hydrogen-bond donors (Lipinski definition) is 2. The number of rotatable bonds is 4. The summed E-state index contributed by atoms with van der Waals surface area (Å²) in [6, 6.07) is 5.41. The van der Waals surface area contributed by atoms with Crippen molar-refractivity contribution in [1.29, 1.82) is 0 Å². The van der Waals surface area contributed by atoms with Crippen molar-refractivity contribution in [1.82, 2.24) is 14.9 Å². The molecule has 0 radical (unpaired) electrons. The van der Waals surface area contributed by atoms with E-state index in [0.29, 0.717) is 12.0 Å². The molecule has 6 heteroatoms. The van der Waals surface area contributed by atoms with Crippen molar-refractivity contribution in [3.63, 3.8) is 0 Å². The van der Waals surface area contributed by atoms with E-state index >= 15 is 0 Å². The summed E-state index contributed by atoms with van der Waals surface area (Å²) in [6.45, 7) is 2.22. The van der Waals surface area contributed by atoms with E-state index in [2.05, 4.69) is 26.3 Å². The Bertz CT molecular complexity index is 970. The third kappa shape index (κ3) is 4.06. The molecule has 1 amide bonds. The van der Waals surface area contributed by atoms with Gasteiger partial charge in [-0.3, -0.25) is 14.6 Å². The molecule has 4 rings (SSSR count). The minimum absolute atomic E-state index is 0.216. The maximum absolute atomic E-state index is 12.7. The Hall–Kier alpha value is -3.15. The minimum Gasteiger partial charge on any atom is -0.375 e. The molecule has 2 aliphatic rings. The summed E-state index contributed by atoms with van der Waals surface area (Å²) in [7, 11) is 0. The van der Waals surface area contributed by atoms with Gasteiger partial charge < -0.3 is 15.2 Å². The molecule has 28 heavy (non-hydrogen) atoms. The molecule has 1 fully saturated rings. The highest BCUT2D eigenvalue weighted by Crippen LogP contribution is 2.25. The van der Waals surface area contributed by atoms with Crippen molar-refractivity contribution >= 4 is 11.6 Å². The van der Waals surface area contributed by atoms with Crippen molar-refractivity contribution in [3.8, 4) is 11.1 Å². The zero-order valence-electron chi connectivity index (χ0n) is 15.8. The number of nitrogens with one attached hydrogen (secondary N) is 2. The lowest BCUT2D eigenvalue weighted by atomic mass is 9.99. The molecule has 3 heterocycles. The Morgan fingerprint density at radius 1 is 1.04 bits per heavy atom. The first-order valence-electron chi connectivity index (χ1n) is 9.80. The third-order valence-electron chi connectivity index (χ3n) is 5.35. The van der Waals surface area contributed by atoms with E-state index in [1.165, 1.54) is 25.0 Å². The van der Waals surface area contributed by atoms with Crippen LogP contribution in [-0.2, 0) is 4.79 Å². The Morgan fingerprint density at radius 2 is 1.82 bits per heavy atom. The lowest BCUT2D eigenvalue weighted by molar-refractivity contribution is -0.113. The number of aromatic amines is 1. The summed E-state index contributed by atoms with van der Waals surface area (Å²) in [5.74, 6) is -0.216. The van der Waals surface area contributed by atoms with E-state index in [1.807, 2.05) is 18.2 Å². The van der Waals surface area contributed by atoms with E-state index in [1.54, 1.807) is 24.7 Å². The number of carbonyl (C=O) groups is 1. The molecule has 2 N–H and O–H groups in total. The highest BCUT2D eigenvalue weighted by molar-refractivity contribution is 6.04. The van der Waals surface area contributed by atoms with E-state index in [4.69, 9.17) is 0 Å². The number of amides is 1. The number of aromatic nitrogens is 2. The zero-order chi connectivity index (χ0) is 19.3. The number of nitrogens with zero attached hydrogens (tertiary/aromatic N) is 2. The molecule has 0 aromatic carbocycles. The van der Waals surface area contributed by atoms with Crippen molar-refractivity contribution < 1.29 is 4.79 Å². The largest absolute Gasteiger partial charge is 0.375 e. The molecule has 0 atom stereocenters. The Morgan fingerprint density at radius 3 is 2.54 bits per heavy atom. The molecule has 6 nitrogen and oxygen atoms in total. The van der Waals surface area contributed by atoms with Gasteiger partial charge in [0.2, 0.25) is 0 Å². The van der Waals surface area contributed by atoms with Crippen LogP contribution in [0.2, 0.25) is 0 Å². The molecule has 1 aliphatic carbocycles. The van der Waals surface area contributed by atoms with Crippen LogP contribution >= 0.6 is 0 Å². The third-order valence-corrected chi connectivity index (χ3v) is 5.35. The molecular weight excluding hydrogens is 352 g/mol. The molecule has 1 aliphatic heterocycles. The SMILES string of the molecule is O=C(Nc1cc(-c2ccncc2)c[nH]c1=O)C1=CC=C(N2CCCCC2)CC1. The molecular formula is C22H24N4O2. The van der Waals surface area contributed by atoms with Gasteiger partial charge in [-0.1, -0.05) is 6.08 Å². The molecule has 0 spiro atoms. The predicted molar refractivity (Wildman–Crippen MR) is 110 cm³/mol. The normalized spacial score (nSPS) is 16.9. The zero-order valence-corrected chi connectivity index (χ0v) is 15.8. The highest BCUT2D eigenvalue weighted by Gasteiger charge is 2.19. The van der Waals surface area contributed by atoms with Crippen LogP contribution in [0.25, 0.3) is 11.1 Å². The van der Waals surface area contributed by atoms with Gasteiger partial charge in [0, 0.05) is 48.5 Å². The summed E-state index contributed by atoms with van der Waals surface area (Å²) in [6.07, 6.45) is 14.3. The van der Waals surface area contributed by atoms with Crippen LogP contribution in [0.15, 0.2) is 65.0 Å². The van der Waals surface area contributed by atoms with Gasteiger partial charge in [0.05, 0.1) is 0 Å². The van der Waals surface area contributed by atoms with Gasteiger partial charge in [0.1, 0.15) is 5.69 Å². The quantitative estimate of drug-likeness (QED) is 0.857. The van der Waals surface area contributed by atoms with Crippen LogP contribution < -0.4 is 10.9 Å². The number of H-pyrrole nitrogens is 1. The van der Waals surface area contributed by atoms with Gasteiger partial charge in [-0.15, -0.1) is 0 Å². The number of anilines is 1. The van der Waals surface area contributed by atoms with Gasteiger partial charge >= 0.3 is 0 Å². The fourth-order valence-electron chi connectivity index (χ4n) is 3.75. The van der Waals surface area contributed by atoms with Crippen LogP contribution in [0.3, 0.4) is 0 Å². The second kappa shape index (κ2) is 8.25. The maximum atomic E-state index is 12.7. The topological polar surface area (TPSA) is 78.1 Å². The Labute approximate surface area is 164 Å². The molecule has 0 bridgehead atoms. The summed E-state index contributed by atoms with van der Waals surface area (Å²) in [5, 5.41) is 2.77. The smallest absolute Gasteiger partial charge is 0.271 e. The maximum Gasteiger partial charge on any atom is 0.271 e. The number of piperidine rings is 1. The average Bonchev–Trinajstić information content (AvgIpc) is 2.76. The molecule has 2 aromatic heterocycles. The van der Waals surface area contributed by atoms with Gasteiger partial charge in [-0.25, -0.2) is 0 Å². The first-order valence-corrected chi connectivity index (χ1v) is 9.80. The highest BCUT2D eigenvalue weighted by atomic mass is 16.2. The van der Waals surface area contributed by atoms with Crippen LogP contribution in [0.5, 0.6) is 0 Å². The van der Waals surface area contributed by atoms with Crippen molar-refractivity contribution in [3.05, 3.63) is 70.6 Å². The standard InChI is InChI=1S/C22H24N4O2/c27-21(17-4-6-19(7-5-17)26-12-2-1-3-13-26)25-20-14-18(15-24-22(20)28)16-8-10-23-11-9-16/h4,6,8-11,14-15H,1-3,5,7,12-13H2,(H,24,28)(H,25,27). The molecule has 0 unspecified atom stereocenters. The number of hydrogen-bond acceptors (Lipinski definition) is 4. The van der Waals surface area contributed by atoms with Gasteiger partial charge in [-0.05, 0) is 61.9 Å². The average molecular weight is 376 g/mol. The number of likely N-dealkylation sites (tertiary alicyclic amines) is 1. The van der Waals surface area contributed by atoms with Gasteiger partial charge in [0.15, 0.2) is 0 Å². The van der Waals surface area contributed by atoms with E-state index in [-0.39, 0.29) is 17.2 Å². The lowest BCUT2D eigenvalue weighted by Gasteiger charge is -2.32. The predicted octanol–water partition coefficient (Wildman–Crippen LogP) is 3.47. The lowest BCUT2D eigenvalue weighted by Crippen LogP contribution is -2.30. The number of carbonyl (C=O) groups excluding carboxylic acids is 1. The van der Waals surface area contributed by atoms with Crippen LogP contribution in [0, 0.1) is 0 Å². The molecule has 2 aromatic rings. The first-order chi connectivity index (χ1) is 13.7. The number of pyridine rings is 2. The molecule has 0 saturated carbocycles. The Kier molecular flexibility index (Phi) is 5.37. The van der Waals surface area contributed by atoms with E-state index in [0.717, 1.165) is 30.6 Å². The fourth-order valence-corrected chi connectivity index (χ4v) is 3.75. The summed E-state index contributed by atoms with van der Waals surface area (Å²) in [4.78, 5) is 34.0. The van der Waals surface area contributed by atoms with Crippen molar-refractivity contribution in [2.75, 3.05) is 18.4 Å². The fraction of sp³-hybridized carbons (Fsp3) is 0.318. The molecule has 144 valence electrons. The van der Waals surface area contributed by atoms with Crippen molar-refractivity contribution in [2.24, 2.45) is 0 Å². The van der Waals surface area contributed by atoms with Gasteiger partial charge in [-0.2, -0.15) is 0 Å². The van der Waals surface area contributed by atoms with E-state index in [9.17, 15) is 9.59 Å². The van der Waals surface area contributed by atoms with Crippen LogP contribution in [0.1, 0.15) is 32.1 Å². The second-order valence-electron chi connectivity index (χ2n) is 7.22. The number of allylic oxidation sites excluding steroid dienone is 3.